The Labute approximate surface area is 121 Å². The molecule has 1 fully saturated rings. The highest BCUT2D eigenvalue weighted by Crippen LogP contribution is 2.26. The SMILES string of the molecule is COc1cccc(OCC(CN)C2CCN(C)CC2)c1. The summed E-state index contributed by atoms with van der Waals surface area (Å²) in [6.07, 6.45) is 2.44. The fourth-order valence-corrected chi connectivity index (χ4v) is 2.79. The van der Waals surface area contributed by atoms with E-state index in [1.54, 1.807) is 7.11 Å². The van der Waals surface area contributed by atoms with Crippen molar-refractivity contribution in [2.24, 2.45) is 17.6 Å². The van der Waals surface area contributed by atoms with Gasteiger partial charge in [0.2, 0.25) is 0 Å². The van der Waals surface area contributed by atoms with Crippen LogP contribution in [0.15, 0.2) is 24.3 Å². The summed E-state index contributed by atoms with van der Waals surface area (Å²) in [5, 5.41) is 0. The van der Waals surface area contributed by atoms with Crippen molar-refractivity contribution in [3.8, 4) is 11.5 Å². The molecular weight excluding hydrogens is 252 g/mol. The minimum atomic E-state index is 0.440. The van der Waals surface area contributed by atoms with Gasteiger partial charge in [-0.05, 0) is 57.6 Å². The number of nitrogens with zero attached hydrogens (tertiary/aromatic N) is 1. The van der Waals surface area contributed by atoms with Gasteiger partial charge in [-0.2, -0.15) is 0 Å². The third-order valence-corrected chi connectivity index (χ3v) is 4.24. The summed E-state index contributed by atoms with van der Waals surface area (Å²) in [4.78, 5) is 2.38. The molecule has 4 nitrogen and oxygen atoms in total. The van der Waals surface area contributed by atoms with Gasteiger partial charge in [0, 0.05) is 12.0 Å². The summed E-state index contributed by atoms with van der Waals surface area (Å²) in [7, 11) is 3.85. The first-order chi connectivity index (χ1) is 9.72. The number of nitrogens with two attached hydrogens (primary N) is 1. The van der Waals surface area contributed by atoms with Crippen LogP contribution in [-0.2, 0) is 0 Å². The van der Waals surface area contributed by atoms with Crippen molar-refractivity contribution in [3.05, 3.63) is 24.3 Å². The standard InChI is InChI=1S/C16H26N2O2/c1-18-8-6-13(7-9-18)14(11-17)12-20-16-5-3-4-15(10-16)19-2/h3-5,10,13-14H,6-9,11-12,17H2,1-2H3. The number of likely N-dealkylation sites (tertiary alicyclic amines) is 1. The smallest absolute Gasteiger partial charge is 0.122 e. The molecule has 4 heteroatoms. The zero-order valence-corrected chi connectivity index (χ0v) is 12.5. The molecule has 2 N–H and O–H groups in total. The summed E-state index contributed by atoms with van der Waals surface area (Å²) >= 11 is 0. The molecule has 1 aromatic carbocycles. The third kappa shape index (κ3) is 4.12. The summed E-state index contributed by atoms with van der Waals surface area (Å²) in [5.41, 5.74) is 5.94. The Morgan fingerprint density at radius 1 is 1.30 bits per heavy atom. The van der Waals surface area contributed by atoms with Crippen LogP contribution in [0.25, 0.3) is 0 Å². The van der Waals surface area contributed by atoms with Gasteiger partial charge in [-0.15, -0.1) is 0 Å². The predicted octanol–water partition coefficient (Wildman–Crippen LogP) is 1.99. The quantitative estimate of drug-likeness (QED) is 0.864. The van der Waals surface area contributed by atoms with E-state index < -0.39 is 0 Å². The topological polar surface area (TPSA) is 47.7 Å². The molecule has 1 saturated heterocycles. The molecule has 112 valence electrons. The second-order valence-electron chi connectivity index (χ2n) is 5.63. The van der Waals surface area contributed by atoms with Gasteiger partial charge in [-0.1, -0.05) is 6.07 Å². The van der Waals surface area contributed by atoms with Gasteiger partial charge >= 0.3 is 0 Å². The van der Waals surface area contributed by atoms with Crippen molar-refractivity contribution in [3.63, 3.8) is 0 Å². The number of piperidine rings is 1. The highest BCUT2D eigenvalue weighted by atomic mass is 16.5. The van der Waals surface area contributed by atoms with E-state index in [1.165, 1.54) is 25.9 Å². The molecule has 0 amide bonds. The van der Waals surface area contributed by atoms with Crippen LogP contribution in [0.2, 0.25) is 0 Å². The van der Waals surface area contributed by atoms with Crippen molar-refractivity contribution in [1.82, 2.24) is 4.90 Å². The summed E-state index contributed by atoms with van der Waals surface area (Å²) in [6, 6.07) is 7.75. The van der Waals surface area contributed by atoms with E-state index in [9.17, 15) is 0 Å². The summed E-state index contributed by atoms with van der Waals surface area (Å²) in [6.45, 7) is 3.72. The Morgan fingerprint density at radius 2 is 2.00 bits per heavy atom. The largest absolute Gasteiger partial charge is 0.497 e. The normalized spacial score (nSPS) is 18.8. The molecule has 2 rings (SSSR count). The first-order valence-corrected chi connectivity index (χ1v) is 7.38. The lowest BCUT2D eigenvalue weighted by Crippen LogP contribution is -2.37. The Morgan fingerprint density at radius 3 is 2.65 bits per heavy atom. The Balaban J connectivity index is 1.86. The van der Waals surface area contributed by atoms with Crippen LogP contribution in [0.5, 0.6) is 11.5 Å². The van der Waals surface area contributed by atoms with Gasteiger partial charge in [0.05, 0.1) is 13.7 Å². The van der Waals surface area contributed by atoms with Gasteiger partial charge in [0.25, 0.3) is 0 Å². The van der Waals surface area contributed by atoms with E-state index >= 15 is 0 Å². The van der Waals surface area contributed by atoms with Crippen LogP contribution in [0.1, 0.15) is 12.8 Å². The van der Waals surface area contributed by atoms with Crippen LogP contribution in [0.4, 0.5) is 0 Å². The molecule has 1 heterocycles. The van der Waals surface area contributed by atoms with Gasteiger partial charge in [-0.25, -0.2) is 0 Å². The van der Waals surface area contributed by atoms with Gasteiger partial charge < -0.3 is 20.1 Å². The van der Waals surface area contributed by atoms with Crippen LogP contribution >= 0.6 is 0 Å². The fourth-order valence-electron chi connectivity index (χ4n) is 2.79. The Bertz CT molecular complexity index is 403. The molecular formula is C16H26N2O2. The second-order valence-corrected chi connectivity index (χ2v) is 5.63. The molecule has 0 spiro atoms. The highest BCUT2D eigenvalue weighted by Gasteiger charge is 2.24. The predicted molar refractivity (Wildman–Crippen MR) is 81.3 cm³/mol. The maximum atomic E-state index is 5.94. The maximum absolute atomic E-state index is 5.94. The number of rotatable bonds is 6. The number of hydrogen-bond donors (Lipinski definition) is 1. The number of methoxy groups -OCH3 is 1. The summed E-state index contributed by atoms with van der Waals surface area (Å²) in [5.74, 6) is 2.80. The van der Waals surface area contributed by atoms with E-state index in [0.717, 1.165) is 11.5 Å². The lowest BCUT2D eigenvalue weighted by atomic mass is 9.85. The van der Waals surface area contributed by atoms with Crippen molar-refractivity contribution < 1.29 is 9.47 Å². The van der Waals surface area contributed by atoms with E-state index in [0.29, 0.717) is 25.0 Å². The van der Waals surface area contributed by atoms with Crippen molar-refractivity contribution in [1.29, 1.82) is 0 Å². The molecule has 0 aromatic heterocycles. The van der Waals surface area contributed by atoms with E-state index in [-0.39, 0.29) is 0 Å². The average molecular weight is 278 g/mol. The summed E-state index contributed by atoms with van der Waals surface area (Å²) < 4.78 is 11.1. The molecule has 0 aliphatic carbocycles. The Kier molecular flexibility index (Phi) is 5.68. The van der Waals surface area contributed by atoms with E-state index in [2.05, 4.69) is 11.9 Å². The van der Waals surface area contributed by atoms with Gasteiger partial charge in [0.1, 0.15) is 11.5 Å². The van der Waals surface area contributed by atoms with Crippen LogP contribution in [0.3, 0.4) is 0 Å². The van der Waals surface area contributed by atoms with E-state index in [1.807, 2.05) is 24.3 Å². The molecule has 1 unspecified atom stereocenters. The first kappa shape index (κ1) is 15.1. The minimum Gasteiger partial charge on any atom is -0.497 e. The van der Waals surface area contributed by atoms with Crippen molar-refractivity contribution in [2.45, 2.75) is 12.8 Å². The van der Waals surface area contributed by atoms with Crippen molar-refractivity contribution in [2.75, 3.05) is 40.4 Å². The number of hydrogen-bond acceptors (Lipinski definition) is 4. The molecule has 1 aliphatic rings. The van der Waals surface area contributed by atoms with Crippen LogP contribution in [0, 0.1) is 11.8 Å². The van der Waals surface area contributed by atoms with Crippen molar-refractivity contribution >= 4 is 0 Å². The molecule has 0 saturated carbocycles. The van der Waals surface area contributed by atoms with E-state index in [4.69, 9.17) is 15.2 Å². The minimum absolute atomic E-state index is 0.440. The van der Waals surface area contributed by atoms with Gasteiger partial charge in [-0.3, -0.25) is 0 Å². The molecule has 1 aliphatic heterocycles. The average Bonchev–Trinajstić information content (AvgIpc) is 2.50. The molecule has 20 heavy (non-hydrogen) atoms. The van der Waals surface area contributed by atoms with Gasteiger partial charge in [0.15, 0.2) is 0 Å². The zero-order valence-electron chi connectivity index (χ0n) is 12.5. The molecule has 0 radical (unpaired) electrons. The first-order valence-electron chi connectivity index (χ1n) is 7.38. The number of benzene rings is 1. The second kappa shape index (κ2) is 7.50. The maximum Gasteiger partial charge on any atom is 0.122 e. The lowest BCUT2D eigenvalue weighted by Gasteiger charge is -2.33. The lowest BCUT2D eigenvalue weighted by molar-refractivity contribution is 0.132. The molecule has 0 bridgehead atoms. The zero-order chi connectivity index (χ0) is 14.4. The third-order valence-electron chi connectivity index (χ3n) is 4.24. The molecule has 1 atom stereocenters. The Hall–Kier alpha value is -1.26. The highest BCUT2D eigenvalue weighted by molar-refractivity contribution is 5.32. The van der Waals surface area contributed by atoms with Crippen LogP contribution < -0.4 is 15.2 Å². The monoisotopic (exact) mass is 278 g/mol. The molecule has 1 aromatic rings. The fraction of sp³-hybridized carbons (Fsp3) is 0.625. The number of ether oxygens (including phenoxy) is 2. The van der Waals surface area contributed by atoms with Crippen LogP contribution in [-0.4, -0.2) is 45.3 Å².